The quantitative estimate of drug-likeness (QED) is 0.914. The summed E-state index contributed by atoms with van der Waals surface area (Å²) in [7, 11) is 1.74. The van der Waals surface area contributed by atoms with Crippen molar-refractivity contribution in [2.24, 2.45) is 0 Å². The minimum atomic E-state index is 0.643. The first-order valence-electron chi connectivity index (χ1n) is 8.36. The Bertz CT molecular complexity index is 460. The first-order chi connectivity index (χ1) is 10.2. The number of benzene rings is 1. The molecule has 1 aromatic carbocycles. The highest BCUT2D eigenvalue weighted by atomic mass is 16.5. The van der Waals surface area contributed by atoms with Gasteiger partial charge in [0.15, 0.2) is 0 Å². The van der Waals surface area contributed by atoms with Gasteiger partial charge in [0.05, 0.1) is 7.11 Å². The summed E-state index contributed by atoms with van der Waals surface area (Å²) in [6, 6.07) is 10.5. The summed E-state index contributed by atoms with van der Waals surface area (Å²) >= 11 is 0. The van der Waals surface area contributed by atoms with Crippen molar-refractivity contribution in [1.29, 1.82) is 0 Å². The number of methoxy groups -OCH3 is 1. The summed E-state index contributed by atoms with van der Waals surface area (Å²) in [6.45, 7) is 4.70. The predicted molar refractivity (Wildman–Crippen MR) is 86.5 cm³/mol. The zero-order chi connectivity index (χ0) is 14.8. The normalized spacial score (nSPS) is 33.5. The van der Waals surface area contributed by atoms with Crippen LogP contribution in [-0.4, -0.2) is 30.2 Å². The van der Waals surface area contributed by atoms with Crippen LogP contribution >= 0.6 is 0 Å². The number of rotatable bonds is 4. The fourth-order valence-electron chi connectivity index (χ4n) is 3.78. The molecule has 3 nitrogen and oxygen atoms in total. The first-order valence-corrected chi connectivity index (χ1v) is 8.36. The van der Waals surface area contributed by atoms with Crippen LogP contribution in [0.1, 0.15) is 57.4 Å². The van der Waals surface area contributed by atoms with Crippen molar-refractivity contribution < 1.29 is 4.74 Å². The van der Waals surface area contributed by atoms with E-state index in [1.54, 1.807) is 7.11 Å². The van der Waals surface area contributed by atoms with E-state index in [2.05, 4.69) is 42.5 Å². The van der Waals surface area contributed by atoms with Crippen molar-refractivity contribution in [2.75, 3.05) is 7.11 Å². The molecule has 0 amide bonds. The van der Waals surface area contributed by atoms with Gasteiger partial charge in [-0.2, -0.15) is 0 Å². The van der Waals surface area contributed by atoms with E-state index in [9.17, 15) is 0 Å². The number of hydrogen-bond acceptors (Lipinski definition) is 3. The largest absolute Gasteiger partial charge is 0.497 e. The molecule has 3 heteroatoms. The topological polar surface area (TPSA) is 24.5 Å². The second-order valence-electron chi connectivity index (χ2n) is 6.81. The van der Waals surface area contributed by atoms with E-state index in [1.165, 1.54) is 37.7 Å². The Labute approximate surface area is 128 Å². The fraction of sp³-hybridized carbons (Fsp3) is 0.667. The highest BCUT2D eigenvalue weighted by molar-refractivity contribution is 5.32. The molecule has 1 heterocycles. The van der Waals surface area contributed by atoms with Crippen LogP contribution in [0, 0.1) is 0 Å². The smallest absolute Gasteiger partial charge is 0.119 e. The summed E-state index contributed by atoms with van der Waals surface area (Å²) < 4.78 is 5.33. The zero-order valence-electron chi connectivity index (χ0n) is 13.5. The molecule has 2 aliphatic rings. The highest BCUT2D eigenvalue weighted by Gasteiger charge is 2.34. The van der Waals surface area contributed by atoms with Crippen molar-refractivity contribution in [3.8, 4) is 5.75 Å². The Morgan fingerprint density at radius 2 is 1.86 bits per heavy atom. The molecule has 1 N–H and O–H groups in total. The molecule has 2 unspecified atom stereocenters. The summed E-state index contributed by atoms with van der Waals surface area (Å²) in [5, 5.41) is 2.51. The van der Waals surface area contributed by atoms with E-state index in [0.717, 1.165) is 5.75 Å². The Balaban J connectivity index is 1.53. The molecule has 1 saturated carbocycles. The van der Waals surface area contributed by atoms with Crippen LogP contribution in [0.4, 0.5) is 0 Å². The molecule has 1 aliphatic heterocycles. The van der Waals surface area contributed by atoms with E-state index in [-0.39, 0.29) is 0 Å². The van der Waals surface area contributed by atoms with Crippen molar-refractivity contribution in [2.45, 2.75) is 70.0 Å². The third-order valence-corrected chi connectivity index (χ3v) is 5.23. The van der Waals surface area contributed by atoms with Gasteiger partial charge in [-0.25, -0.2) is 5.01 Å². The number of piperidine rings is 1. The molecule has 2 fully saturated rings. The van der Waals surface area contributed by atoms with Gasteiger partial charge in [0.25, 0.3) is 0 Å². The van der Waals surface area contributed by atoms with Gasteiger partial charge in [0.1, 0.15) is 5.75 Å². The lowest BCUT2D eigenvalue weighted by Crippen LogP contribution is -2.57. The van der Waals surface area contributed by atoms with Crippen molar-refractivity contribution >= 4 is 0 Å². The number of hydrogen-bond donors (Lipinski definition) is 1. The molecule has 3 rings (SSSR count). The molecule has 116 valence electrons. The van der Waals surface area contributed by atoms with E-state index in [4.69, 9.17) is 4.74 Å². The SMILES string of the molecule is COc1cccc(C2CC(NN3C(C)CCCC3C)C2)c1. The average Bonchev–Trinajstić information content (AvgIpc) is 2.45. The Kier molecular flexibility index (Phi) is 4.51. The minimum absolute atomic E-state index is 0.643. The molecular weight excluding hydrogens is 260 g/mol. The molecule has 1 aromatic rings. The lowest BCUT2D eigenvalue weighted by molar-refractivity contribution is 0.0106. The molecule has 0 radical (unpaired) electrons. The van der Waals surface area contributed by atoms with Gasteiger partial charge in [-0.15, -0.1) is 0 Å². The molecule has 0 spiro atoms. The molecule has 1 aliphatic carbocycles. The monoisotopic (exact) mass is 288 g/mol. The third-order valence-electron chi connectivity index (χ3n) is 5.23. The van der Waals surface area contributed by atoms with Gasteiger partial charge in [-0.05, 0) is 63.1 Å². The summed E-state index contributed by atoms with van der Waals surface area (Å²) in [6.07, 6.45) is 6.50. The van der Waals surface area contributed by atoms with E-state index in [1.807, 2.05) is 6.07 Å². The van der Waals surface area contributed by atoms with Crippen LogP contribution in [-0.2, 0) is 0 Å². The van der Waals surface area contributed by atoms with Crippen LogP contribution in [0.25, 0.3) is 0 Å². The number of ether oxygens (including phenoxy) is 1. The minimum Gasteiger partial charge on any atom is -0.497 e. The van der Waals surface area contributed by atoms with Gasteiger partial charge < -0.3 is 4.74 Å². The summed E-state index contributed by atoms with van der Waals surface area (Å²) in [4.78, 5) is 0. The lowest BCUT2D eigenvalue weighted by Gasteiger charge is -2.46. The van der Waals surface area contributed by atoms with Crippen molar-refractivity contribution in [1.82, 2.24) is 10.4 Å². The highest BCUT2D eigenvalue weighted by Crippen LogP contribution is 2.38. The summed E-state index contributed by atoms with van der Waals surface area (Å²) in [5.74, 6) is 1.66. The summed E-state index contributed by atoms with van der Waals surface area (Å²) in [5.41, 5.74) is 5.21. The van der Waals surface area contributed by atoms with Crippen LogP contribution in [0.3, 0.4) is 0 Å². The lowest BCUT2D eigenvalue weighted by atomic mass is 9.76. The molecule has 0 bridgehead atoms. The molecule has 0 aromatic heterocycles. The maximum Gasteiger partial charge on any atom is 0.119 e. The van der Waals surface area contributed by atoms with Gasteiger partial charge in [0.2, 0.25) is 0 Å². The Morgan fingerprint density at radius 3 is 2.52 bits per heavy atom. The van der Waals surface area contributed by atoms with E-state index in [0.29, 0.717) is 24.0 Å². The number of hydrazine groups is 1. The molecular formula is C18H28N2O. The molecule has 21 heavy (non-hydrogen) atoms. The van der Waals surface area contributed by atoms with Crippen LogP contribution in [0.15, 0.2) is 24.3 Å². The fourth-order valence-corrected chi connectivity index (χ4v) is 3.78. The third kappa shape index (κ3) is 3.24. The number of nitrogens with one attached hydrogen (secondary N) is 1. The van der Waals surface area contributed by atoms with Crippen molar-refractivity contribution in [3.63, 3.8) is 0 Å². The Hall–Kier alpha value is -1.06. The van der Waals surface area contributed by atoms with E-state index >= 15 is 0 Å². The van der Waals surface area contributed by atoms with Crippen LogP contribution in [0.2, 0.25) is 0 Å². The first kappa shape index (κ1) is 14.9. The van der Waals surface area contributed by atoms with Gasteiger partial charge in [-0.1, -0.05) is 18.6 Å². The predicted octanol–water partition coefficient (Wildman–Crippen LogP) is 3.71. The van der Waals surface area contributed by atoms with Crippen LogP contribution < -0.4 is 10.2 Å². The van der Waals surface area contributed by atoms with Crippen LogP contribution in [0.5, 0.6) is 5.75 Å². The van der Waals surface area contributed by atoms with Crippen molar-refractivity contribution in [3.05, 3.63) is 29.8 Å². The van der Waals surface area contributed by atoms with E-state index < -0.39 is 0 Å². The van der Waals surface area contributed by atoms with Gasteiger partial charge in [0, 0.05) is 18.1 Å². The molecule has 2 atom stereocenters. The maximum absolute atomic E-state index is 5.33. The maximum atomic E-state index is 5.33. The van der Waals surface area contributed by atoms with Gasteiger partial charge in [-0.3, -0.25) is 5.43 Å². The average molecular weight is 288 g/mol. The second kappa shape index (κ2) is 6.37. The molecule has 1 saturated heterocycles. The second-order valence-corrected chi connectivity index (χ2v) is 6.81. The standard InChI is InChI=1S/C18H28N2O/c1-13-6-4-7-14(2)20(13)19-17-10-16(11-17)15-8-5-9-18(12-15)21-3/h5,8-9,12-14,16-17,19H,4,6-7,10-11H2,1-3H3. The Morgan fingerprint density at radius 1 is 1.14 bits per heavy atom. The van der Waals surface area contributed by atoms with Gasteiger partial charge >= 0.3 is 0 Å². The zero-order valence-corrected chi connectivity index (χ0v) is 13.5. The number of nitrogens with zero attached hydrogens (tertiary/aromatic N) is 1.